The van der Waals surface area contributed by atoms with Crippen molar-refractivity contribution < 1.29 is 14.6 Å². The average molecular weight is 416 g/mol. The van der Waals surface area contributed by atoms with Gasteiger partial charge in [-0.15, -0.1) is 0 Å². The molecule has 0 heterocycles. The highest BCUT2D eigenvalue weighted by Crippen LogP contribution is 2.41. The highest BCUT2D eigenvalue weighted by atomic mass is 35.5. The summed E-state index contributed by atoms with van der Waals surface area (Å²) in [4.78, 5) is 2.03. The summed E-state index contributed by atoms with van der Waals surface area (Å²) in [5.74, 6) is 1.41. The molecular formula is C24H30ClNO3. The van der Waals surface area contributed by atoms with Crippen LogP contribution in [0.25, 0.3) is 5.57 Å². The molecule has 0 saturated heterocycles. The number of hydrogen-bond acceptors (Lipinski definition) is 4. The van der Waals surface area contributed by atoms with Crippen LogP contribution < -0.4 is 9.47 Å². The molecule has 0 amide bonds. The number of ether oxygens (including phenoxy) is 2. The Kier molecular flexibility index (Phi) is 7.23. The van der Waals surface area contributed by atoms with Crippen molar-refractivity contribution in [2.75, 3.05) is 26.8 Å². The molecule has 1 aliphatic rings. The second kappa shape index (κ2) is 9.66. The van der Waals surface area contributed by atoms with E-state index in [0.717, 1.165) is 29.7 Å². The molecule has 1 aliphatic carbocycles. The average Bonchev–Trinajstić information content (AvgIpc) is 3.08. The van der Waals surface area contributed by atoms with Crippen molar-refractivity contribution in [1.29, 1.82) is 0 Å². The van der Waals surface area contributed by atoms with E-state index in [9.17, 15) is 0 Å². The molecule has 0 bridgehead atoms. The Balaban J connectivity index is 1.87. The number of fused-ring (bicyclic) bond motifs is 1. The van der Waals surface area contributed by atoms with E-state index in [1.54, 1.807) is 0 Å². The zero-order valence-electron chi connectivity index (χ0n) is 17.5. The molecule has 29 heavy (non-hydrogen) atoms. The summed E-state index contributed by atoms with van der Waals surface area (Å²) in [5.41, 5.74) is 5.82. The lowest BCUT2D eigenvalue weighted by molar-refractivity contribution is 0.204. The standard InChI is InChI=1S/C24H30ClNO3/c1-5-28-23-14-24(21(25)13-17(23)15-26(4)11-12-27)29-22-10-9-19-18(16(2)3)7-6-8-20(19)22/h6-8,13-14,22,27H,2,5,9-12,15H2,1,3-4H3/t22-/m0/s1. The molecule has 0 radical (unpaired) electrons. The summed E-state index contributed by atoms with van der Waals surface area (Å²) in [5, 5.41) is 9.73. The van der Waals surface area contributed by atoms with Crippen molar-refractivity contribution in [2.24, 2.45) is 0 Å². The normalized spacial score (nSPS) is 15.4. The van der Waals surface area contributed by atoms with Crippen LogP contribution in [0.2, 0.25) is 5.02 Å². The lowest BCUT2D eigenvalue weighted by Gasteiger charge is -2.21. The molecule has 3 rings (SSSR count). The first-order chi connectivity index (χ1) is 13.9. The van der Waals surface area contributed by atoms with Gasteiger partial charge in [0.25, 0.3) is 0 Å². The number of halogens is 1. The Bertz CT molecular complexity index is 881. The van der Waals surface area contributed by atoms with Crippen molar-refractivity contribution in [3.05, 3.63) is 64.2 Å². The fraction of sp³-hybridized carbons (Fsp3) is 0.417. The van der Waals surface area contributed by atoms with Gasteiger partial charge in [0.2, 0.25) is 0 Å². The number of allylic oxidation sites excluding steroid dienone is 1. The summed E-state index contributed by atoms with van der Waals surface area (Å²) in [6, 6.07) is 10.1. The van der Waals surface area contributed by atoms with Crippen LogP contribution in [0.1, 0.15) is 48.6 Å². The molecule has 5 heteroatoms. The second-order valence-corrected chi connectivity index (χ2v) is 7.99. The number of benzene rings is 2. The molecule has 156 valence electrons. The number of hydrogen-bond donors (Lipinski definition) is 1. The van der Waals surface area contributed by atoms with Crippen molar-refractivity contribution in [3.63, 3.8) is 0 Å². The summed E-state index contributed by atoms with van der Waals surface area (Å²) in [6.45, 7) is 10.0. The topological polar surface area (TPSA) is 41.9 Å². The Hall–Kier alpha value is -2.01. The third-order valence-electron chi connectivity index (χ3n) is 5.28. The SMILES string of the molecule is C=C(C)c1cccc2c1CC[C@@H]2Oc1cc(OCC)c(CN(C)CCO)cc1Cl. The van der Waals surface area contributed by atoms with Gasteiger partial charge in [0.15, 0.2) is 0 Å². The fourth-order valence-corrected chi connectivity index (χ4v) is 4.14. The van der Waals surface area contributed by atoms with Crippen molar-refractivity contribution in [1.82, 2.24) is 4.90 Å². The zero-order chi connectivity index (χ0) is 21.0. The van der Waals surface area contributed by atoms with E-state index in [4.69, 9.17) is 26.2 Å². The predicted octanol–water partition coefficient (Wildman–Crippen LogP) is 5.26. The minimum absolute atomic E-state index is 0.0285. The molecular weight excluding hydrogens is 386 g/mol. The van der Waals surface area contributed by atoms with Gasteiger partial charge in [0, 0.05) is 24.7 Å². The Labute approximate surface area is 178 Å². The molecule has 0 unspecified atom stereocenters. The van der Waals surface area contributed by atoms with Crippen molar-refractivity contribution >= 4 is 17.2 Å². The molecule has 0 aromatic heterocycles. The summed E-state index contributed by atoms with van der Waals surface area (Å²) >= 11 is 6.59. The lowest BCUT2D eigenvalue weighted by atomic mass is 9.98. The van der Waals surface area contributed by atoms with E-state index >= 15 is 0 Å². The maximum absolute atomic E-state index is 9.15. The summed E-state index contributed by atoms with van der Waals surface area (Å²) < 4.78 is 12.2. The number of rotatable bonds is 9. The molecule has 0 spiro atoms. The summed E-state index contributed by atoms with van der Waals surface area (Å²) in [7, 11) is 1.96. The molecule has 1 N–H and O–H groups in total. The van der Waals surface area contributed by atoms with Gasteiger partial charge in [0.1, 0.15) is 17.6 Å². The first kappa shape index (κ1) is 21.7. The van der Waals surface area contributed by atoms with Crippen LogP contribution in [0.5, 0.6) is 11.5 Å². The van der Waals surface area contributed by atoms with Gasteiger partial charge in [-0.2, -0.15) is 0 Å². The maximum Gasteiger partial charge on any atom is 0.142 e. The Morgan fingerprint density at radius 3 is 2.79 bits per heavy atom. The van der Waals surface area contributed by atoms with Crippen LogP contribution in [0.3, 0.4) is 0 Å². The largest absolute Gasteiger partial charge is 0.493 e. The Morgan fingerprint density at radius 2 is 2.10 bits per heavy atom. The lowest BCUT2D eigenvalue weighted by Crippen LogP contribution is -2.22. The first-order valence-electron chi connectivity index (χ1n) is 10.1. The van der Waals surface area contributed by atoms with Gasteiger partial charge >= 0.3 is 0 Å². The van der Waals surface area contributed by atoms with E-state index in [-0.39, 0.29) is 12.7 Å². The summed E-state index contributed by atoms with van der Waals surface area (Å²) in [6.07, 6.45) is 1.86. The molecule has 2 aromatic rings. The monoisotopic (exact) mass is 415 g/mol. The second-order valence-electron chi connectivity index (χ2n) is 7.58. The minimum atomic E-state index is -0.0285. The van der Waals surface area contributed by atoms with Crippen molar-refractivity contribution in [2.45, 2.75) is 39.3 Å². The number of aliphatic hydroxyl groups is 1. The fourth-order valence-electron chi connectivity index (χ4n) is 3.91. The highest BCUT2D eigenvalue weighted by molar-refractivity contribution is 6.32. The van der Waals surface area contributed by atoms with Gasteiger partial charge in [-0.05, 0) is 56.5 Å². The Morgan fingerprint density at radius 1 is 1.31 bits per heavy atom. The number of aliphatic hydroxyl groups excluding tert-OH is 1. The van der Waals surface area contributed by atoms with Gasteiger partial charge in [0.05, 0.1) is 18.2 Å². The van der Waals surface area contributed by atoms with Crippen LogP contribution in [-0.4, -0.2) is 36.8 Å². The van der Waals surface area contributed by atoms with E-state index in [1.165, 1.54) is 16.7 Å². The van der Waals surface area contributed by atoms with Crippen molar-refractivity contribution in [3.8, 4) is 11.5 Å². The quantitative estimate of drug-likeness (QED) is 0.606. The molecule has 0 aliphatic heterocycles. The van der Waals surface area contributed by atoms with Crippen LogP contribution in [0, 0.1) is 0 Å². The van der Waals surface area contributed by atoms with Crippen LogP contribution >= 0.6 is 11.6 Å². The third kappa shape index (κ3) is 4.95. The van der Waals surface area contributed by atoms with Gasteiger partial charge < -0.3 is 14.6 Å². The molecule has 2 aromatic carbocycles. The predicted molar refractivity (Wildman–Crippen MR) is 119 cm³/mol. The van der Waals surface area contributed by atoms with E-state index < -0.39 is 0 Å². The minimum Gasteiger partial charge on any atom is -0.493 e. The first-order valence-corrected chi connectivity index (χ1v) is 10.5. The van der Waals surface area contributed by atoms with Gasteiger partial charge in [-0.3, -0.25) is 4.90 Å². The van der Waals surface area contributed by atoms with Crippen LogP contribution in [0.4, 0.5) is 0 Å². The molecule has 4 nitrogen and oxygen atoms in total. The molecule has 0 fully saturated rings. The number of likely N-dealkylation sites (N-methyl/N-ethyl adjacent to an activating group) is 1. The molecule has 0 saturated carbocycles. The number of nitrogens with zero attached hydrogens (tertiary/aromatic N) is 1. The molecule has 1 atom stereocenters. The van der Waals surface area contributed by atoms with Crippen LogP contribution in [0.15, 0.2) is 36.9 Å². The zero-order valence-corrected chi connectivity index (χ0v) is 18.3. The maximum atomic E-state index is 9.15. The highest BCUT2D eigenvalue weighted by Gasteiger charge is 2.27. The van der Waals surface area contributed by atoms with E-state index in [0.29, 0.717) is 30.5 Å². The van der Waals surface area contributed by atoms with Gasteiger partial charge in [-0.1, -0.05) is 42.0 Å². The van der Waals surface area contributed by atoms with E-state index in [1.807, 2.05) is 37.9 Å². The smallest absolute Gasteiger partial charge is 0.142 e. The third-order valence-corrected chi connectivity index (χ3v) is 5.58. The van der Waals surface area contributed by atoms with Gasteiger partial charge in [-0.25, -0.2) is 0 Å². The van der Waals surface area contributed by atoms with Crippen LogP contribution in [-0.2, 0) is 13.0 Å². The van der Waals surface area contributed by atoms with E-state index in [2.05, 4.69) is 24.8 Å².